The van der Waals surface area contributed by atoms with Gasteiger partial charge in [0.2, 0.25) is 0 Å². The first-order valence-electron chi connectivity index (χ1n) is 11.1. The highest BCUT2D eigenvalue weighted by molar-refractivity contribution is 5.99. The smallest absolute Gasteiger partial charge is 0.415 e. The Morgan fingerprint density at radius 1 is 0.778 bits per heavy atom. The van der Waals surface area contributed by atoms with Crippen LogP contribution in [0.5, 0.6) is 11.5 Å². The van der Waals surface area contributed by atoms with Gasteiger partial charge >= 0.3 is 24.1 Å². The normalized spacial score (nSPS) is 13.4. The maximum Gasteiger partial charge on any atom is 0.415 e. The van der Waals surface area contributed by atoms with Gasteiger partial charge in [0.05, 0.1) is 0 Å². The number of amides is 2. The van der Waals surface area contributed by atoms with Crippen molar-refractivity contribution >= 4 is 34.9 Å². The average molecular weight is 495 g/mol. The van der Waals surface area contributed by atoms with Crippen molar-refractivity contribution in [3.05, 3.63) is 72.9 Å². The molecule has 0 fully saturated rings. The summed E-state index contributed by atoms with van der Waals surface area (Å²) in [6.07, 6.45) is 3.09. The number of fused-ring (bicyclic) bond motifs is 2. The van der Waals surface area contributed by atoms with Gasteiger partial charge in [0, 0.05) is 34.1 Å². The molecule has 0 heterocycles. The van der Waals surface area contributed by atoms with Crippen molar-refractivity contribution in [1.29, 1.82) is 0 Å². The van der Waals surface area contributed by atoms with Gasteiger partial charge in [-0.3, -0.25) is 10.6 Å². The highest BCUT2D eigenvalue weighted by Crippen LogP contribution is 2.43. The SMILES string of the molecule is C=CC(=O)OC(C)NC(=O)Oc1c2c(c(OC(=O)NC(C)OC(=O)C=C)c3ccccc13)CC=CC2. The predicted molar refractivity (Wildman–Crippen MR) is 130 cm³/mol. The van der Waals surface area contributed by atoms with Crippen LogP contribution in [0, 0.1) is 0 Å². The number of nitrogens with one attached hydrogen (secondary N) is 2. The van der Waals surface area contributed by atoms with Crippen molar-refractivity contribution in [3.8, 4) is 11.5 Å². The minimum Gasteiger partial charge on any atom is -0.439 e. The molecule has 1 aliphatic rings. The van der Waals surface area contributed by atoms with Crippen LogP contribution >= 0.6 is 0 Å². The molecule has 2 atom stereocenters. The molecule has 2 aromatic rings. The summed E-state index contributed by atoms with van der Waals surface area (Å²) < 4.78 is 21.2. The van der Waals surface area contributed by atoms with Crippen LogP contribution in [0.3, 0.4) is 0 Å². The molecule has 188 valence electrons. The lowest BCUT2D eigenvalue weighted by atomic mass is 9.90. The Hall–Kier alpha value is -4.60. The van der Waals surface area contributed by atoms with Crippen LogP contribution in [-0.4, -0.2) is 36.6 Å². The largest absolute Gasteiger partial charge is 0.439 e. The van der Waals surface area contributed by atoms with Crippen molar-refractivity contribution in [3.63, 3.8) is 0 Å². The molecule has 0 radical (unpaired) electrons. The lowest BCUT2D eigenvalue weighted by Gasteiger charge is -2.23. The number of hydrogen-bond acceptors (Lipinski definition) is 8. The van der Waals surface area contributed by atoms with Gasteiger partial charge in [-0.05, 0) is 26.7 Å². The van der Waals surface area contributed by atoms with E-state index >= 15 is 0 Å². The highest BCUT2D eigenvalue weighted by atomic mass is 16.6. The predicted octanol–water partition coefficient (Wildman–Crippen LogP) is 3.82. The summed E-state index contributed by atoms with van der Waals surface area (Å²) >= 11 is 0. The van der Waals surface area contributed by atoms with Gasteiger partial charge in [-0.25, -0.2) is 19.2 Å². The van der Waals surface area contributed by atoms with Crippen LogP contribution in [-0.2, 0) is 31.9 Å². The van der Waals surface area contributed by atoms with Gasteiger partial charge < -0.3 is 18.9 Å². The molecule has 2 unspecified atom stereocenters. The first kappa shape index (κ1) is 26.0. The van der Waals surface area contributed by atoms with Crippen molar-refractivity contribution in [2.24, 2.45) is 0 Å². The zero-order valence-corrected chi connectivity index (χ0v) is 19.9. The molecule has 10 nitrogen and oxygen atoms in total. The number of benzene rings is 2. The molecule has 0 saturated carbocycles. The van der Waals surface area contributed by atoms with E-state index < -0.39 is 36.6 Å². The van der Waals surface area contributed by atoms with Crippen LogP contribution in [0.4, 0.5) is 9.59 Å². The summed E-state index contributed by atoms with van der Waals surface area (Å²) in [5.74, 6) is -0.787. The van der Waals surface area contributed by atoms with Crippen molar-refractivity contribution in [2.75, 3.05) is 0 Å². The second kappa shape index (κ2) is 11.7. The number of allylic oxidation sites excluding steroid dienone is 2. The minimum atomic E-state index is -0.950. The molecule has 2 aromatic carbocycles. The van der Waals surface area contributed by atoms with Crippen molar-refractivity contribution in [2.45, 2.75) is 39.1 Å². The number of rotatable bonds is 8. The van der Waals surface area contributed by atoms with E-state index in [1.165, 1.54) is 13.8 Å². The van der Waals surface area contributed by atoms with Gasteiger partial charge in [-0.2, -0.15) is 0 Å². The van der Waals surface area contributed by atoms with Crippen LogP contribution in [0.1, 0.15) is 25.0 Å². The van der Waals surface area contributed by atoms with Crippen LogP contribution in [0.2, 0.25) is 0 Å². The van der Waals surface area contributed by atoms with E-state index in [2.05, 4.69) is 23.8 Å². The van der Waals surface area contributed by atoms with Crippen LogP contribution < -0.4 is 20.1 Å². The third-order valence-electron chi connectivity index (χ3n) is 5.09. The maximum atomic E-state index is 12.6. The number of carbonyl (C=O) groups is 4. The average Bonchev–Trinajstić information content (AvgIpc) is 2.85. The van der Waals surface area contributed by atoms with Gasteiger partial charge in [0.15, 0.2) is 12.5 Å². The van der Waals surface area contributed by atoms with Crippen LogP contribution in [0.15, 0.2) is 61.7 Å². The van der Waals surface area contributed by atoms with Crippen molar-refractivity contribution < 1.29 is 38.1 Å². The van der Waals surface area contributed by atoms with E-state index in [0.717, 1.165) is 12.2 Å². The summed E-state index contributed by atoms with van der Waals surface area (Å²) in [6.45, 7) is 9.57. The topological polar surface area (TPSA) is 129 Å². The van der Waals surface area contributed by atoms with Gasteiger partial charge in [-0.1, -0.05) is 49.6 Å². The third kappa shape index (κ3) is 6.29. The van der Waals surface area contributed by atoms with E-state index in [0.29, 0.717) is 46.2 Å². The molecule has 1 aliphatic carbocycles. The summed E-state index contributed by atoms with van der Waals surface area (Å²) in [5.41, 5.74) is 1.33. The number of carbonyl (C=O) groups excluding carboxylic acids is 4. The molecule has 0 saturated heterocycles. The zero-order valence-electron chi connectivity index (χ0n) is 19.9. The van der Waals surface area contributed by atoms with Crippen LogP contribution in [0.25, 0.3) is 10.8 Å². The van der Waals surface area contributed by atoms with Gasteiger partial charge in [0.25, 0.3) is 0 Å². The molecule has 3 rings (SSSR count). The first-order chi connectivity index (χ1) is 17.2. The monoisotopic (exact) mass is 494 g/mol. The molecule has 10 heteroatoms. The zero-order chi connectivity index (χ0) is 26.2. The molecule has 0 aliphatic heterocycles. The Morgan fingerprint density at radius 2 is 1.17 bits per heavy atom. The molecule has 2 N–H and O–H groups in total. The lowest BCUT2D eigenvalue weighted by molar-refractivity contribution is -0.144. The fourth-order valence-corrected chi connectivity index (χ4v) is 3.63. The fraction of sp³-hybridized carbons (Fsp3) is 0.231. The van der Waals surface area contributed by atoms with Gasteiger partial charge in [-0.15, -0.1) is 0 Å². The summed E-state index contributed by atoms with van der Waals surface area (Å²) in [4.78, 5) is 48.0. The molecule has 36 heavy (non-hydrogen) atoms. The number of ether oxygens (including phenoxy) is 4. The molecule has 0 spiro atoms. The van der Waals surface area contributed by atoms with E-state index in [-0.39, 0.29) is 0 Å². The maximum absolute atomic E-state index is 12.6. The quantitative estimate of drug-likeness (QED) is 0.245. The van der Waals surface area contributed by atoms with Gasteiger partial charge in [0.1, 0.15) is 11.5 Å². The highest BCUT2D eigenvalue weighted by Gasteiger charge is 2.26. The van der Waals surface area contributed by atoms with E-state index in [9.17, 15) is 19.2 Å². The molecular formula is C26H26N2O8. The molecular weight excluding hydrogens is 468 g/mol. The van der Waals surface area contributed by atoms with Crippen molar-refractivity contribution in [1.82, 2.24) is 10.6 Å². The number of esters is 2. The molecule has 2 amide bonds. The van der Waals surface area contributed by atoms with E-state index in [4.69, 9.17) is 18.9 Å². The summed E-state index contributed by atoms with van der Waals surface area (Å²) in [7, 11) is 0. The minimum absolute atomic E-state index is 0.297. The van der Waals surface area contributed by atoms with E-state index in [1.54, 1.807) is 24.3 Å². The van der Waals surface area contributed by atoms with E-state index in [1.807, 2.05) is 12.2 Å². The Kier molecular flexibility index (Phi) is 8.45. The number of hydrogen-bond donors (Lipinski definition) is 2. The molecule has 0 aromatic heterocycles. The third-order valence-corrected chi connectivity index (χ3v) is 5.09. The Balaban J connectivity index is 1.92. The lowest BCUT2D eigenvalue weighted by Crippen LogP contribution is -2.38. The Morgan fingerprint density at radius 3 is 1.53 bits per heavy atom. The Bertz CT molecular complexity index is 1160. The standard InChI is InChI=1S/C26H26N2O8/c1-5-21(29)33-15(3)27-25(31)35-23-17-11-7-9-13-19(17)24(20-14-10-8-12-18(20)23)36-26(32)28-16(4)34-22(30)6-2/h5-11,13,15-16H,1-2,12,14H2,3-4H3,(H,27,31)(H,28,32). The first-order valence-corrected chi connectivity index (χ1v) is 11.1. The second-order valence-electron chi connectivity index (χ2n) is 7.67. The summed E-state index contributed by atoms with van der Waals surface area (Å²) in [5, 5.41) is 5.95. The fourth-order valence-electron chi connectivity index (χ4n) is 3.63. The molecule has 0 bridgehead atoms. The summed E-state index contributed by atoms with van der Waals surface area (Å²) in [6, 6.07) is 6.98. The Labute approximate surface area is 207 Å². The second-order valence-corrected chi connectivity index (χ2v) is 7.67.